The molecule has 1 saturated carbocycles. The molecule has 1 aliphatic carbocycles. The van der Waals surface area contributed by atoms with Crippen LogP contribution in [0.4, 0.5) is 4.79 Å². The molecule has 0 spiro atoms. The van der Waals surface area contributed by atoms with Crippen LogP contribution >= 0.6 is 0 Å². The minimum absolute atomic E-state index is 0.102. The molecule has 0 aromatic rings. The maximum atomic E-state index is 11.8. The van der Waals surface area contributed by atoms with Gasteiger partial charge in [0.05, 0.1) is 13.2 Å². The highest BCUT2D eigenvalue weighted by molar-refractivity contribution is 5.74. The molecule has 4 heteroatoms. The minimum Gasteiger partial charge on any atom is -0.378 e. The van der Waals surface area contributed by atoms with Gasteiger partial charge >= 0.3 is 6.03 Å². The highest BCUT2D eigenvalue weighted by Gasteiger charge is 2.21. The summed E-state index contributed by atoms with van der Waals surface area (Å²) in [4.78, 5) is 13.7. The van der Waals surface area contributed by atoms with Crippen LogP contribution in [0, 0.1) is 0 Å². The number of morpholine rings is 1. The van der Waals surface area contributed by atoms with Crippen molar-refractivity contribution >= 4 is 6.03 Å². The summed E-state index contributed by atoms with van der Waals surface area (Å²) >= 11 is 0. The molecule has 0 radical (unpaired) electrons. The quantitative estimate of drug-likeness (QED) is 0.713. The van der Waals surface area contributed by atoms with E-state index in [2.05, 4.69) is 5.32 Å². The van der Waals surface area contributed by atoms with Gasteiger partial charge in [0, 0.05) is 19.1 Å². The zero-order chi connectivity index (χ0) is 10.5. The first-order chi connectivity index (χ1) is 7.36. The normalized spacial score (nSPS) is 23.9. The fraction of sp³-hybridized carbons (Fsp3) is 0.909. The molecule has 4 nitrogen and oxygen atoms in total. The van der Waals surface area contributed by atoms with Crippen molar-refractivity contribution in [1.29, 1.82) is 0 Å². The molecule has 15 heavy (non-hydrogen) atoms. The van der Waals surface area contributed by atoms with Crippen molar-refractivity contribution < 1.29 is 9.53 Å². The second-order valence-corrected chi connectivity index (χ2v) is 4.38. The number of carbonyl (C=O) groups is 1. The number of carbonyl (C=O) groups excluding carboxylic acids is 1. The minimum atomic E-state index is 0.102. The Morgan fingerprint density at radius 1 is 1.13 bits per heavy atom. The molecule has 1 aliphatic heterocycles. The Morgan fingerprint density at radius 3 is 2.47 bits per heavy atom. The van der Waals surface area contributed by atoms with Crippen LogP contribution in [0.5, 0.6) is 0 Å². The number of amides is 2. The Balaban J connectivity index is 1.74. The van der Waals surface area contributed by atoms with E-state index in [1.165, 1.54) is 19.3 Å². The van der Waals surface area contributed by atoms with Crippen molar-refractivity contribution in [2.45, 2.75) is 38.1 Å². The van der Waals surface area contributed by atoms with Crippen molar-refractivity contribution in [3.8, 4) is 0 Å². The van der Waals surface area contributed by atoms with Gasteiger partial charge in [-0.05, 0) is 12.8 Å². The first-order valence-corrected chi connectivity index (χ1v) is 5.99. The van der Waals surface area contributed by atoms with Crippen LogP contribution in [0.25, 0.3) is 0 Å². The first kappa shape index (κ1) is 10.7. The Morgan fingerprint density at radius 2 is 1.80 bits per heavy atom. The number of nitrogens with zero attached hydrogens (tertiary/aromatic N) is 1. The van der Waals surface area contributed by atoms with Gasteiger partial charge in [-0.2, -0.15) is 0 Å². The van der Waals surface area contributed by atoms with Gasteiger partial charge in [0.2, 0.25) is 0 Å². The maximum Gasteiger partial charge on any atom is 0.317 e. The van der Waals surface area contributed by atoms with Gasteiger partial charge < -0.3 is 15.0 Å². The molecule has 2 aliphatic rings. The van der Waals surface area contributed by atoms with Gasteiger partial charge in [-0.15, -0.1) is 0 Å². The van der Waals surface area contributed by atoms with Gasteiger partial charge in [0.25, 0.3) is 0 Å². The summed E-state index contributed by atoms with van der Waals surface area (Å²) in [6.07, 6.45) is 6.14. The monoisotopic (exact) mass is 212 g/mol. The van der Waals surface area contributed by atoms with Gasteiger partial charge in [0.15, 0.2) is 0 Å². The van der Waals surface area contributed by atoms with E-state index >= 15 is 0 Å². The molecule has 0 aromatic carbocycles. The lowest BCUT2D eigenvalue weighted by Crippen LogP contribution is -2.49. The summed E-state index contributed by atoms with van der Waals surface area (Å²) in [7, 11) is 0. The molecule has 2 amide bonds. The zero-order valence-corrected chi connectivity index (χ0v) is 9.21. The van der Waals surface area contributed by atoms with Crippen molar-refractivity contribution in [3.63, 3.8) is 0 Å². The number of hydrogen-bond acceptors (Lipinski definition) is 2. The Kier molecular flexibility index (Phi) is 3.83. The van der Waals surface area contributed by atoms with E-state index in [1.54, 1.807) is 0 Å². The summed E-state index contributed by atoms with van der Waals surface area (Å²) in [5.41, 5.74) is 0. The van der Waals surface area contributed by atoms with E-state index in [0.29, 0.717) is 19.3 Å². The third-order valence-electron chi connectivity index (χ3n) is 3.23. The summed E-state index contributed by atoms with van der Waals surface area (Å²) < 4.78 is 5.22. The molecule has 0 atom stereocenters. The number of ether oxygens (including phenoxy) is 1. The summed E-state index contributed by atoms with van der Waals surface area (Å²) in [6.45, 7) is 2.83. The molecule has 0 aromatic heterocycles. The molecular formula is C11H20N2O2. The molecule has 1 heterocycles. The highest BCUT2D eigenvalue weighted by atomic mass is 16.5. The maximum absolute atomic E-state index is 11.8. The molecule has 1 N–H and O–H groups in total. The van der Waals surface area contributed by atoms with Gasteiger partial charge in [0.1, 0.15) is 0 Å². The van der Waals surface area contributed by atoms with Gasteiger partial charge in [-0.3, -0.25) is 0 Å². The number of urea groups is 1. The molecule has 2 rings (SSSR count). The van der Waals surface area contributed by atoms with E-state index < -0.39 is 0 Å². The first-order valence-electron chi connectivity index (χ1n) is 5.99. The van der Waals surface area contributed by atoms with Crippen LogP contribution in [0.3, 0.4) is 0 Å². The third-order valence-corrected chi connectivity index (χ3v) is 3.23. The average Bonchev–Trinajstić information content (AvgIpc) is 2.31. The van der Waals surface area contributed by atoms with Crippen LogP contribution in [0.1, 0.15) is 32.1 Å². The van der Waals surface area contributed by atoms with Gasteiger partial charge in [-0.1, -0.05) is 19.3 Å². The van der Waals surface area contributed by atoms with Crippen LogP contribution < -0.4 is 5.32 Å². The van der Waals surface area contributed by atoms with Crippen molar-refractivity contribution in [2.75, 3.05) is 26.3 Å². The van der Waals surface area contributed by atoms with E-state index in [1.807, 2.05) is 4.90 Å². The SMILES string of the molecule is O=C(NC1CCCCC1)N1CCOCC1. The largest absolute Gasteiger partial charge is 0.378 e. The van der Waals surface area contributed by atoms with E-state index in [4.69, 9.17) is 4.74 Å². The smallest absolute Gasteiger partial charge is 0.317 e. The molecule has 0 bridgehead atoms. The lowest BCUT2D eigenvalue weighted by atomic mass is 9.96. The second-order valence-electron chi connectivity index (χ2n) is 4.38. The predicted octanol–water partition coefficient (Wildman–Crippen LogP) is 1.36. The Labute approximate surface area is 91.0 Å². The van der Waals surface area contributed by atoms with Crippen molar-refractivity contribution in [3.05, 3.63) is 0 Å². The zero-order valence-electron chi connectivity index (χ0n) is 9.21. The number of hydrogen-bond donors (Lipinski definition) is 1. The fourth-order valence-electron chi connectivity index (χ4n) is 2.28. The van der Waals surface area contributed by atoms with Crippen molar-refractivity contribution in [2.24, 2.45) is 0 Å². The van der Waals surface area contributed by atoms with E-state index in [-0.39, 0.29) is 6.03 Å². The fourth-order valence-corrected chi connectivity index (χ4v) is 2.28. The predicted molar refractivity (Wildman–Crippen MR) is 57.8 cm³/mol. The second kappa shape index (κ2) is 5.35. The molecule has 1 saturated heterocycles. The van der Waals surface area contributed by atoms with E-state index in [0.717, 1.165) is 25.9 Å². The Hall–Kier alpha value is -0.770. The van der Waals surface area contributed by atoms with Crippen LogP contribution in [-0.4, -0.2) is 43.3 Å². The lowest BCUT2D eigenvalue weighted by molar-refractivity contribution is 0.0521. The Bertz CT molecular complexity index is 209. The summed E-state index contributed by atoms with van der Waals surface area (Å²) in [6, 6.07) is 0.513. The molecule has 86 valence electrons. The molecular weight excluding hydrogens is 192 g/mol. The molecule has 2 fully saturated rings. The summed E-state index contributed by atoms with van der Waals surface area (Å²) in [5.74, 6) is 0. The topological polar surface area (TPSA) is 41.6 Å². The summed E-state index contributed by atoms with van der Waals surface area (Å²) in [5, 5.41) is 3.12. The average molecular weight is 212 g/mol. The van der Waals surface area contributed by atoms with Crippen LogP contribution in [0.15, 0.2) is 0 Å². The van der Waals surface area contributed by atoms with Crippen LogP contribution in [-0.2, 0) is 4.74 Å². The standard InChI is InChI=1S/C11H20N2O2/c14-11(13-6-8-15-9-7-13)12-10-4-2-1-3-5-10/h10H,1-9H2,(H,12,14). The van der Waals surface area contributed by atoms with Crippen molar-refractivity contribution in [1.82, 2.24) is 10.2 Å². The number of rotatable bonds is 1. The highest BCUT2D eigenvalue weighted by Crippen LogP contribution is 2.17. The third kappa shape index (κ3) is 3.09. The van der Waals surface area contributed by atoms with E-state index in [9.17, 15) is 4.79 Å². The van der Waals surface area contributed by atoms with Gasteiger partial charge in [-0.25, -0.2) is 4.79 Å². The van der Waals surface area contributed by atoms with Crippen LogP contribution in [0.2, 0.25) is 0 Å². The number of nitrogens with one attached hydrogen (secondary N) is 1. The lowest BCUT2D eigenvalue weighted by Gasteiger charge is -2.30. The molecule has 0 unspecified atom stereocenters.